The van der Waals surface area contributed by atoms with Crippen LogP contribution in [0.3, 0.4) is 0 Å². The first kappa shape index (κ1) is 1.28. The van der Waals surface area contributed by atoms with E-state index in [0.29, 0.717) is 0 Å². The van der Waals surface area contributed by atoms with Gasteiger partial charge >= 0.3 is 0 Å². The summed E-state index contributed by atoms with van der Waals surface area (Å²) in [6, 6.07) is -3.28. The molecule has 2 N–H and O–H groups in total. The molecule has 0 radical (unpaired) electrons. The number of piperazine rings is 1. The van der Waals surface area contributed by atoms with Gasteiger partial charge in [-0.25, -0.2) is 0 Å². The molecule has 1 rings (SSSR count). The van der Waals surface area contributed by atoms with Crippen molar-refractivity contribution in [3.05, 3.63) is 0 Å². The van der Waals surface area contributed by atoms with E-state index in [-0.39, 0.29) is 0 Å². The fourth-order valence-corrected chi connectivity index (χ4v) is 0.466. The molecule has 0 aromatic rings. The van der Waals surface area contributed by atoms with Crippen molar-refractivity contribution in [2.45, 2.75) is 19.7 Å². The smallest absolute Gasteiger partial charge is 0.0481 e. The molecule has 1 aliphatic rings. The summed E-state index contributed by atoms with van der Waals surface area (Å²) in [4.78, 5) is 0. The second-order valence-corrected chi connectivity index (χ2v) is 1.53. The van der Waals surface area contributed by atoms with E-state index in [1.807, 2.05) is 5.32 Å². The van der Waals surface area contributed by atoms with Gasteiger partial charge in [0.2, 0.25) is 0 Å². The summed E-state index contributed by atoms with van der Waals surface area (Å²) in [6.45, 7) is -13.1. The van der Waals surface area contributed by atoms with E-state index in [4.69, 9.17) is 16.4 Å². The highest BCUT2D eigenvalue weighted by atomic mass is 15.1. The standard InChI is InChI=1S/C7H16N2/c1-6(2)7-5-8-3-4-9-7/h6-9H,3-5H2,1-2H3/t7-/m1/s1/i1D3,2D3,4D2,5D2,6D,7D. The third kappa shape index (κ3) is 1.95. The zero-order valence-electron chi connectivity index (χ0n) is 16.7. The van der Waals surface area contributed by atoms with E-state index in [2.05, 4.69) is 0 Å². The monoisotopic (exact) mass is 140 g/mol. The van der Waals surface area contributed by atoms with Gasteiger partial charge in [-0.15, -0.1) is 0 Å². The summed E-state index contributed by atoms with van der Waals surface area (Å²) < 4.78 is 90.3. The van der Waals surface area contributed by atoms with Crippen LogP contribution < -0.4 is 10.6 Å². The predicted octanol–water partition coefficient (Wildman–Crippen LogP) is 0.204. The maximum atomic E-state index is 8.05. The van der Waals surface area contributed by atoms with E-state index in [0.717, 1.165) is 0 Å². The molecular weight excluding hydrogens is 112 g/mol. The van der Waals surface area contributed by atoms with Crippen molar-refractivity contribution in [2.24, 2.45) is 5.89 Å². The van der Waals surface area contributed by atoms with E-state index < -0.39 is 45.2 Å². The van der Waals surface area contributed by atoms with Gasteiger partial charge in [0.1, 0.15) is 0 Å². The molecule has 1 atom stereocenters. The van der Waals surface area contributed by atoms with Crippen LogP contribution >= 0.6 is 0 Å². The van der Waals surface area contributed by atoms with Gasteiger partial charge in [-0.1, -0.05) is 13.7 Å². The highest BCUT2D eigenvalue weighted by Crippen LogP contribution is 2.00. The lowest BCUT2D eigenvalue weighted by atomic mass is 10.0. The van der Waals surface area contributed by atoms with Crippen LogP contribution in [0.1, 0.15) is 30.2 Å². The Morgan fingerprint density at radius 3 is 3.67 bits per heavy atom. The molecule has 54 valence electrons. The van der Waals surface area contributed by atoms with Gasteiger partial charge in [-0.3, -0.25) is 0 Å². The zero-order chi connectivity index (χ0) is 17.1. The normalized spacial score (nSPS) is 72.0. The largest absolute Gasteiger partial charge is 0.314 e. The van der Waals surface area contributed by atoms with Crippen LogP contribution in [0.2, 0.25) is 0 Å². The van der Waals surface area contributed by atoms with E-state index in [9.17, 15) is 0 Å². The highest BCUT2D eigenvalue weighted by Gasteiger charge is 2.14. The molecule has 0 amide bonds. The average Bonchev–Trinajstić information content (AvgIpc) is 2.19. The average molecular weight is 140 g/mol. The van der Waals surface area contributed by atoms with Crippen molar-refractivity contribution < 1.29 is 16.4 Å². The zero-order valence-corrected chi connectivity index (χ0v) is 4.71. The topological polar surface area (TPSA) is 24.1 Å². The van der Waals surface area contributed by atoms with Crippen LogP contribution in [-0.4, -0.2) is 25.6 Å². The highest BCUT2D eigenvalue weighted by molar-refractivity contribution is 4.77. The first-order valence-electron chi connectivity index (χ1n) is 8.46. The molecule has 0 aromatic heterocycles. The fraction of sp³-hybridized carbons (Fsp3) is 1.00. The molecule has 0 spiro atoms. The maximum Gasteiger partial charge on any atom is 0.0481 e. The Morgan fingerprint density at radius 2 is 2.89 bits per heavy atom. The summed E-state index contributed by atoms with van der Waals surface area (Å²) in [6.07, 6.45) is 0. The van der Waals surface area contributed by atoms with Crippen molar-refractivity contribution in [3.63, 3.8) is 0 Å². The molecule has 0 saturated carbocycles. The van der Waals surface area contributed by atoms with E-state index >= 15 is 0 Å². The van der Waals surface area contributed by atoms with Crippen molar-refractivity contribution in [2.75, 3.05) is 19.5 Å². The van der Waals surface area contributed by atoms with Gasteiger partial charge in [-0.05, 0) is 5.89 Å². The molecule has 1 heterocycles. The van der Waals surface area contributed by atoms with Crippen LogP contribution in [0, 0.1) is 5.89 Å². The Kier molecular flexibility index (Phi) is 0.452. The Morgan fingerprint density at radius 1 is 2.00 bits per heavy atom. The summed E-state index contributed by atoms with van der Waals surface area (Å²) in [5.41, 5.74) is 0. The van der Waals surface area contributed by atoms with Crippen molar-refractivity contribution in [1.29, 1.82) is 0 Å². The van der Waals surface area contributed by atoms with Gasteiger partial charge in [0.25, 0.3) is 0 Å². The van der Waals surface area contributed by atoms with Gasteiger partial charge < -0.3 is 10.6 Å². The molecule has 1 fully saturated rings. The van der Waals surface area contributed by atoms with Gasteiger partial charge in [0, 0.05) is 42.0 Å². The Labute approximate surface area is 73.9 Å². The number of nitrogens with one attached hydrogen (secondary N) is 2. The van der Waals surface area contributed by atoms with Crippen LogP contribution in [0.15, 0.2) is 0 Å². The lowest BCUT2D eigenvalue weighted by Gasteiger charge is -2.27. The third-order valence-electron chi connectivity index (χ3n) is 0.854. The quantitative estimate of drug-likeness (QED) is 0.544. The maximum absolute atomic E-state index is 8.05. The summed E-state index contributed by atoms with van der Waals surface area (Å²) in [5, 5.41) is 3.75. The molecule has 1 saturated heterocycles. The molecular formula is C7H16N2. The predicted molar refractivity (Wildman–Crippen MR) is 39.5 cm³/mol. The van der Waals surface area contributed by atoms with Crippen LogP contribution in [0.5, 0.6) is 0 Å². The van der Waals surface area contributed by atoms with Crippen LogP contribution in [-0.2, 0) is 0 Å². The Bertz CT molecular complexity index is 397. The van der Waals surface area contributed by atoms with Crippen molar-refractivity contribution >= 4 is 0 Å². The second-order valence-electron chi connectivity index (χ2n) is 1.53. The Balaban J connectivity index is 3.60. The first-order valence-corrected chi connectivity index (χ1v) is 2.46. The van der Waals surface area contributed by atoms with E-state index in [1.54, 1.807) is 5.32 Å². The van der Waals surface area contributed by atoms with Gasteiger partial charge in [0.15, 0.2) is 0 Å². The number of rotatable bonds is 1. The summed E-state index contributed by atoms with van der Waals surface area (Å²) in [7, 11) is 0. The molecule has 0 aromatic carbocycles. The van der Waals surface area contributed by atoms with Crippen molar-refractivity contribution in [3.8, 4) is 0 Å². The molecule has 1 aliphatic heterocycles. The second kappa shape index (κ2) is 3.18. The minimum atomic E-state index is -3.60. The summed E-state index contributed by atoms with van der Waals surface area (Å²) in [5.74, 6) is -3.60. The molecule has 2 heteroatoms. The number of hydrogen-bond acceptors (Lipinski definition) is 2. The van der Waals surface area contributed by atoms with Gasteiger partial charge in [-0.2, -0.15) is 0 Å². The third-order valence-corrected chi connectivity index (χ3v) is 0.854. The van der Waals surface area contributed by atoms with Crippen LogP contribution in [0.4, 0.5) is 0 Å². The molecule has 0 aliphatic carbocycles. The summed E-state index contributed by atoms with van der Waals surface area (Å²) >= 11 is 0. The van der Waals surface area contributed by atoms with Crippen LogP contribution in [0.25, 0.3) is 0 Å². The first-order chi connectivity index (χ1) is 8.91. The minimum absolute atomic E-state index is 0.612. The molecule has 0 unspecified atom stereocenters. The molecule has 9 heavy (non-hydrogen) atoms. The van der Waals surface area contributed by atoms with Crippen molar-refractivity contribution in [1.82, 2.24) is 10.6 Å². The van der Waals surface area contributed by atoms with E-state index in [1.165, 1.54) is 0 Å². The molecule has 2 nitrogen and oxygen atoms in total. The molecule has 0 bridgehead atoms. The Hall–Kier alpha value is -0.0800. The fourth-order valence-electron chi connectivity index (χ4n) is 0.466. The lowest BCUT2D eigenvalue weighted by Crippen LogP contribution is -2.50. The van der Waals surface area contributed by atoms with Gasteiger partial charge in [0.05, 0.1) is 0 Å². The number of hydrogen-bond donors (Lipinski definition) is 2. The SMILES string of the molecule is [2H]C1([2H])CNC([2H])([2H])[C@]([2H])(C([2H])(C([2H])([2H])[2H])C([2H])([2H])[2H])N1. The lowest BCUT2D eigenvalue weighted by molar-refractivity contribution is 0.342. The minimum Gasteiger partial charge on any atom is -0.314 e.